The predicted octanol–water partition coefficient (Wildman–Crippen LogP) is 1.13. The number of amides is 2. The molecule has 0 radical (unpaired) electrons. The van der Waals surface area contributed by atoms with Crippen molar-refractivity contribution < 1.29 is 19.5 Å². The van der Waals surface area contributed by atoms with Crippen molar-refractivity contribution in [2.75, 3.05) is 23.7 Å². The van der Waals surface area contributed by atoms with Crippen molar-refractivity contribution in [3.8, 4) is 0 Å². The highest BCUT2D eigenvalue weighted by molar-refractivity contribution is 5.93. The molecule has 1 heterocycles. The Kier molecular flexibility index (Phi) is 5.11. The Bertz CT molecular complexity index is 571. The highest BCUT2D eigenvalue weighted by Gasteiger charge is 2.31. The van der Waals surface area contributed by atoms with E-state index in [1.165, 1.54) is 6.92 Å². The molecule has 1 atom stereocenters. The maximum Gasteiger partial charge on any atom is 0.320 e. The molecule has 2 amide bonds. The van der Waals surface area contributed by atoms with Crippen LogP contribution in [0.25, 0.3) is 0 Å². The smallest absolute Gasteiger partial charge is 0.320 e. The summed E-state index contributed by atoms with van der Waals surface area (Å²) in [4.78, 5) is 35.6. The molecule has 118 valence electrons. The second-order valence-corrected chi connectivity index (χ2v) is 5.27. The second kappa shape index (κ2) is 7.04. The number of hydrogen-bond donors (Lipinski definition) is 3. The van der Waals surface area contributed by atoms with Crippen LogP contribution in [0.4, 0.5) is 11.4 Å². The SMILES string of the molecule is CC(=O)Nc1ccc(NC(=O)CN2CCCC2C(=O)O)cc1. The molecule has 1 fully saturated rings. The normalized spacial score (nSPS) is 18.0. The van der Waals surface area contributed by atoms with Crippen LogP contribution in [-0.2, 0) is 14.4 Å². The first-order chi connectivity index (χ1) is 10.5. The number of carbonyl (C=O) groups is 3. The van der Waals surface area contributed by atoms with Gasteiger partial charge in [0.1, 0.15) is 6.04 Å². The molecule has 1 aliphatic heterocycles. The summed E-state index contributed by atoms with van der Waals surface area (Å²) in [5, 5.41) is 14.4. The summed E-state index contributed by atoms with van der Waals surface area (Å²) in [6.45, 7) is 2.10. The van der Waals surface area contributed by atoms with Crippen LogP contribution in [0.2, 0.25) is 0 Å². The average molecular weight is 305 g/mol. The van der Waals surface area contributed by atoms with Crippen molar-refractivity contribution in [3.05, 3.63) is 24.3 Å². The van der Waals surface area contributed by atoms with Crippen LogP contribution >= 0.6 is 0 Å². The Balaban J connectivity index is 1.89. The minimum atomic E-state index is -0.884. The molecule has 0 bridgehead atoms. The Hall–Kier alpha value is -2.41. The van der Waals surface area contributed by atoms with E-state index in [1.54, 1.807) is 29.2 Å². The zero-order valence-electron chi connectivity index (χ0n) is 12.3. The number of benzene rings is 1. The van der Waals surface area contributed by atoms with Crippen molar-refractivity contribution in [3.63, 3.8) is 0 Å². The van der Waals surface area contributed by atoms with Crippen LogP contribution in [0.3, 0.4) is 0 Å². The minimum Gasteiger partial charge on any atom is -0.480 e. The molecule has 1 aromatic rings. The van der Waals surface area contributed by atoms with Gasteiger partial charge in [0.2, 0.25) is 11.8 Å². The number of rotatable bonds is 5. The number of hydrogen-bond acceptors (Lipinski definition) is 4. The third-order valence-electron chi connectivity index (χ3n) is 3.48. The van der Waals surface area contributed by atoms with Crippen LogP contribution < -0.4 is 10.6 Å². The van der Waals surface area contributed by atoms with Gasteiger partial charge in [0, 0.05) is 18.3 Å². The molecule has 7 heteroatoms. The van der Waals surface area contributed by atoms with Gasteiger partial charge in [-0.05, 0) is 43.7 Å². The molecule has 3 N–H and O–H groups in total. The zero-order valence-corrected chi connectivity index (χ0v) is 12.3. The van der Waals surface area contributed by atoms with Crippen molar-refractivity contribution in [1.82, 2.24) is 4.90 Å². The van der Waals surface area contributed by atoms with Crippen molar-refractivity contribution in [1.29, 1.82) is 0 Å². The first kappa shape index (κ1) is 16.0. The van der Waals surface area contributed by atoms with Gasteiger partial charge in [0.25, 0.3) is 0 Å². The summed E-state index contributed by atoms with van der Waals surface area (Å²) in [6, 6.07) is 6.16. The maximum absolute atomic E-state index is 12.0. The van der Waals surface area contributed by atoms with E-state index in [4.69, 9.17) is 5.11 Å². The Morgan fingerprint density at radius 1 is 1.18 bits per heavy atom. The average Bonchev–Trinajstić information content (AvgIpc) is 2.88. The molecular formula is C15H19N3O4. The third-order valence-corrected chi connectivity index (χ3v) is 3.48. The van der Waals surface area contributed by atoms with E-state index in [1.807, 2.05) is 0 Å². The fraction of sp³-hybridized carbons (Fsp3) is 0.400. The van der Waals surface area contributed by atoms with Crippen LogP contribution in [0.15, 0.2) is 24.3 Å². The summed E-state index contributed by atoms with van der Waals surface area (Å²) in [5.74, 6) is -1.30. The van der Waals surface area contributed by atoms with E-state index in [0.29, 0.717) is 24.3 Å². The van der Waals surface area contributed by atoms with Gasteiger partial charge < -0.3 is 15.7 Å². The largest absolute Gasteiger partial charge is 0.480 e. The summed E-state index contributed by atoms with van der Waals surface area (Å²) >= 11 is 0. The number of likely N-dealkylation sites (tertiary alicyclic amines) is 1. The highest BCUT2D eigenvalue weighted by atomic mass is 16.4. The molecular weight excluding hydrogens is 286 g/mol. The van der Waals surface area contributed by atoms with Gasteiger partial charge >= 0.3 is 5.97 Å². The molecule has 1 saturated heterocycles. The number of carboxylic acids is 1. The molecule has 0 spiro atoms. The lowest BCUT2D eigenvalue weighted by atomic mass is 10.2. The van der Waals surface area contributed by atoms with E-state index < -0.39 is 12.0 Å². The fourth-order valence-corrected chi connectivity index (χ4v) is 2.52. The highest BCUT2D eigenvalue weighted by Crippen LogP contribution is 2.18. The van der Waals surface area contributed by atoms with Gasteiger partial charge in [-0.1, -0.05) is 0 Å². The number of nitrogens with one attached hydrogen (secondary N) is 2. The summed E-state index contributed by atoms with van der Waals surface area (Å²) in [5.41, 5.74) is 1.25. The van der Waals surface area contributed by atoms with E-state index in [9.17, 15) is 14.4 Å². The number of carbonyl (C=O) groups excluding carboxylic acids is 2. The molecule has 1 aromatic carbocycles. The summed E-state index contributed by atoms with van der Waals surface area (Å²) in [6.07, 6.45) is 1.36. The Labute approximate surface area is 128 Å². The monoisotopic (exact) mass is 305 g/mol. The molecule has 0 saturated carbocycles. The first-order valence-corrected chi connectivity index (χ1v) is 7.10. The lowest BCUT2D eigenvalue weighted by Crippen LogP contribution is -2.40. The quantitative estimate of drug-likeness (QED) is 0.757. The molecule has 2 rings (SSSR count). The maximum atomic E-state index is 12.0. The molecule has 1 unspecified atom stereocenters. The van der Waals surface area contributed by atoms with Gasteiger partial charge in [-0.2, -0.15) is 0 Å². The standard InChI is InChI=1S/C15H19N3O4/c1-10(19)16-11-4-6-12(7-5-11)17-14(20)9-18-8-2-3-13(18)15(21)22/h4-7,13H,2-3,8-9H2,1H3,(H,16,19)(H,17,20)(H,21,22). The topological polar surface area (TPSA) is 98.7 Å². The molecule has 0 aromatic heterocycles. The van der Waals surface area contributed by atoms with Gasteiger partial charge in [0.05, 0.1) is 6.54 Å². The summed E-state index contributed by atoms with van der Waals surface area (Å²) < 4.78 is 0. The van der Waals surface area contributed by atoms with Crippen molar-refractivity contribution in [2.45, 2.75) is 25.8 Å². The van der Waals surface area contributed by atoms with E-state index in [-0.39, 0.29) is 18.4 Å². The third kappa shape index (κ3) is 4.29. The van der Waals surface area contributed by atoms with E-state index >= 15 is 0 Å². The Morgan fingerprint density at radius 3 is 2.32 bits per heavy atom. The van der Waals surface area contributed by atoms with Crippen LogP contribution in [-0.4, -0.2) is 46.9 Å². The molecule has 1 aliphatic rings. The van der Waals surface area contributed by atoms with Gasteiger partial charge in [0.15, 0.2) is 0 Å². The number of nitrogens with zero attached hydrogens (tertiary/aromatic N) is 1. The summed E-state index contributed by atoms with van der Waals surface area (Å²) in [7, 11) is 0. The lowest BCUT2D eigenvalue weighted by molar-refractivity contribution is -0.142. The van der Waals surface area contributed by atoms with Crippen LogP contribution in [0.1, 0.15) is 19.8 Å². The number of anilines is 2. The molecule has 7 nitrogen and oxygen atoms in total. The molecule has 0 aliphatic carbocycles. The minimum absolute atomic E-state index is 0.0599. The van der Waals surface area contributed by atoms with E-state index in [2.05, 4.69) is 10.6 Å². The number of carboxylic acid groups (broad SMARTS) is 1. The second-order valence-electron chi connectivity index (χ2n) is 5.27. The van der Waals surface area contributed by atoms with Crippen LogP contribution in [0.5, 0.6) is 0 Å². The lowest BCUT2D eigenvalue weighted by Gasteiger charge is -2.20. The zero-order chi connectivity index (χ0) is 16.1. The van der Waals surface area contributed by atoms with Crippen molar-refractivity contribution >= 4 is 29.2 Å². The fourth-order valence-electron chi connectivity index (χ4n) is 2.52. The predicted molar refractivity (Wildman–Crippen MR) is 81.6 cm³/mol. The first-order valence-electron chi connectivity index (χ1n) is 7.10. The van der Waals surface area contributed by atoms with E-state index in [0.717, 1.165) is 6.42 Å². The van der Waals surface area contributed by atoms with Gasteiger partial charge in [-0.15, -0.1) is 0 Å². The molecule has 22 heavy (non-hydrogen) atoms. The van der Waals surface area contributed by atoms with Gasteiger partial charge in [-0.25, -0.2) is 0 Å². The Morgan fingerprint density at radius 2 is 1.77 bits per heavy atom. The van der Waals surface area contributed by atoms with Crippen molar-refractivity contribution in [2.24, 2.45) is 0 Å². The number of aliphatic carboxylic acids is 1. The van der Waals surface area contributed by atoms with Gasteiger partial charge in [-0.3, -0.25) is 19.3 Å². The van der Waals surface area contributed by atoms with Crippen LogP contribution in [0, 0.1) is 0 Å².